The fraction of sp³-hybridized carbons (Fsp3) is 0.308. The molecule has 1 fully saturated rings. The van der Waals surface area contributed by atoms with Crippen molar-refractivity contribution < 1.29 is 4.42 Å². The van der Waals surface area contributed by atoms with Crippen LogP contribution in [0.2, 0.25) is 0 Å². The van der Waals surface area contributed by atoms with E-state index in [0.717, 1.165) is 11.2 Å². The molecule has 2 bridgehead atoms. The van der Waals surface area contributed by atoms with Crippen molar-refractivity contribution in [3.05, 3.63) is 77.4 Å². The molecule has 1 saturated heterocycles. The van der Waals surface area contributed by atoms with Gasteiger partial charge >= 0.3 is 0 Å². The number of anilines is 1. The summed E-state index contributed by atoms with van der Waals surface area (Å²) in [5, 5.41) is 2.41. The van der Waals surface area contributed by atoms with Crippen LogP contribution in [0.5, 0.6) is 0 Å². The van der Waals surface area contributed by atoms with Gasteiger partial charge in [0.15, 0.2) is 5.58 Å². The number of furan rings is 1. The van der Waals surface area contributed by atoms with Crippen LogP contribution in [0, 0.1) is 6.92 Å². The summed E-state index contributed by atoms with van der Waals surface area (Å²) in [4.78, 5) is 5.18. The van der Waals surface area contributed by atoms with Crippen LogP contribution < -0.4 is 4.90 Å². The highest BCUT2D eigenvalue weighted by molar-refractivity contribution is 6.09. The molecule has 1 aromatic heterocycles. The zero-order chi connectivity index (χ0) is 19.7. The molecule has 2 aliphatic heterocycles. The topological polar surface area (TPSA) is 19.6 Å². The van der Waals surface area contributed by atoms with Gasteiger partial charge in [-0.3, -0.25) is 4.90 Å². The van der Waals surface area contributed by atoms with Gasteiger partial charge in [-0.2, -0.15) is 0 Å². The van der Waals surface area contributed by atoms with E-state index in [0.29, 0.717) is 12.1 Å². The largest absolute Gasteiger partial charge is 0.454 e. The van der Waals surface area contributed by atoms with Gasteiger partial charge in [-0.1, -0.05) is 54.6 Å². The molecule has 0 N–H and O–H groups in total. The van der Waals surface area contributed by atoms with E-state index in [9.17, 15) is 0 Å². The lowest BCUT2D eigenvalue weighted by Gasteiger charge is -2.39. The third-order valence-corrected chi connectivity index (χ3v) is 7.23. The zero-order valence-electron chi connectivity index (χ0n) is 17.2. The fourth-order valence-electron chi connectivity index (χ4n) is 5.71. The Morgan fingerprint density at radius 1 is 0.828 bits per heavy atom. The van der Waals surface area contributed by atoms with Crippen LogP contribution in [0.4, 0.5) is 5.69 Å². The molecule has 0 spiro atoms. The Morgan fingerprint density at radius 3 is 2.34 bits per heavy atom. The van der Waals surface area contributed by atoms with Gasteiger partial charge in [-0.05, 0) is 56.5 Å². The summed E-state index contributed by atoms with van der Waals surface area (Å²) in [6.45, 7) is 4.57. The minimum absolute atomic E-state index is 0.289. The smallest absolute Gasteiger partial charge is 0.159 e. The molecule has 3 aromatic carbocycles. The molecule has 4 aromatic rings. The van der Waals surface area contributed by atoms with Crippen molar-refractivity contribution in [3.63, 3.8) is 0 Å². The second-order valence-corrected chi connectivity index (χ2v) is 8.65. The van der Waals surface area contributed by atoms with E-state index in [4.69, 9.17) is 4.42 Å². The number of nitrogens with zero attached hydrogens (tertiary/aromatic N) is 2. The van der Waals surface area contributed by atoms with Crippen LogP contribution in [0.25, 0.3) is 21.9 Å². The molecule has 0 radical (unpaired) electrons. The van der Waals surface area contributed by atoms with Gasteiger partial charge in [0, 0.05) is 16.8 Å². The highest BCUT2D eigenvalue weighted by Crippen LogP contribution is 2.51. The van der Waals surface area contributed by atoms with Crippen molar-refractivity contribution in [2.24, 2.45) is 0 Å². The molecule has 3 heterocycles. The number of fused-ring (bicyclic) bond motifs is 6. The Hall–Kier alpha value is -2.78. The summed E-state index contributed by atoms with van der Waals surface area (Å²) in [6.07, 6.45) is 2.66. The standard InChI is InChI=1S/C26H26N2O/c1-16-12-13-21-20-10-6-7-11-24(20)29-26(21)25(16)28-17(2)27(3)22-14-15-23(28)19-9-5-4-8-18(19)22/h4-13,17,22-23H,14-15H2,1-3H3. The van der Waals surface area contributed by atoms with E-state index in [1.165, 1.54) is 46.0 Å². The van der Waals surface area contributed by atoms with Crippen molar-refractivity contribution in [2.45, 2.75) is 44.9 Å². The van der Waals surface area contributed by atoms with Crippen molar-refractivity contribution in [3.8, 4) is 0 Å². The van der Waals surface area contributed by atoms with Crippen LogP contribution in [0.3, 0.4) is 0 Å². The molecule has 146 valence electrons. The monoisotopic (exact) mass is 382 g/mol. The minimum atomic E-state index is 0.289. The molecule has 7 rings (SSSR count). The Kier molecular flexibility index (Phi) is 3.60. The first-order valence-corrected chi connectivity index (χ1v) is 10.6. The number of para-hydroxylation sites is 1. The Labute approximate surface area is 171 Å². The van der Waals surface area contributed by atoms with Crippen molar-refractivity contribution >= 4 is 27.6 Å². The first-order valence-electron chi connectivity index (χ1n) is 10.6. The van der Waals surface area contributed by atoms with Gasteiger partial charge in [-0.25, -0.2) is 0 Å². The van der Waals surface area contributed by atoms with Gasteiger partial charge in [0.25, 0.3) is 0 Å². The molecule has 1 aliphatic carbocycles. The highest BCUT2D eigenvalue weighted by Gasteiger charge is 2.42. The lowest BCUT2D eigenvalue weighted by atomic mass is 9.84. The van der Waals surface area contributed by atoms with E-state index in [1.807, 2.05) is 0 Å². The Morgan fingerprint density at radius 2 is 1.52 bits per heavy atom. The van der Waals surface area contributed by atoms with Crippen LogP contribution >= 0.6 is 0 Å². The minimum Gasteiger partial charge on any atom is -0.454 e. The summed E-state index contributed by atoms with van der Waals surface area (Å²) < 4.78 is 6.48. The van der Waals surface area contributed by atoms with E-state index < -0.39 is 0 Å². The quantitative estimate of drug-likeness (QED) is 0.371. The maximum absolute atomic E-state index is 6.48. The van der Waals surface area contributed by atoms with Gasteiger partial charge in [0.05, 0.1) is 17.9 Å². The van der Waals surface area contributed by atoms with Gasteiger partial charge in [0.2, 0.25) is 0 Å². The summed E-state index contributed by atoms with van der Waals surface area (Å²) in [6, 6.07) is 22.8. The first kappa shape index (κ1) is 17.1. The van der Waals surface area contributed by atoms with Crippen molar-refractivity contribution in [1.82, 2.24) is 4.90 Å². The SMILES string of the molecule is Cc1ccc2c(oc3ccccc32)c1N1C2CCC(c3ccccc32)N(C)C1C. The third-order valence-electron chi connectivity index (χ3n) is 7.23. The predicted octanol–water partition coefficient (Wildman–Crippen LogP) is 6.57. The molecule has 3 atom stereocenters. The van der Waals surface area contributed by atoms with Crippen molar-refractivity contribution in [2.75, 3.05) is 11.9 Å². The highest BCUT2D eigenvalue weighted by atomic mass is 16.3. The number of benzene rings is 3. The molecule has 3 unspecified atom stereocenters. The van der Waals surface area contributed by atoms with Gasteiger partial charge < -0.3 is 9.32 Å². The Bertz CT molecular complexity index is 1240. The molecule has 0 saturated carbocycles. The van der Waals surface area contributed by atoms with Crippen LogP contribution in [-0.4, -0.2) is 18.1 Å². The summed E-state index contributed by atoms with van der Waals surface area (Å²) in [5.74, 6) is 0. The third kappa shape index (κ3) is 2.28. The maximum atomic E-state index is 6.48. The number of hydrogen-bond acceptors (Lipinski definition) is 3. The predicted molar refractivity (Wildman–Crippen MR) is 119 cm³/mol. The molecule has 3 heteroatoms. The van der Waals surface area contributed by atoms with Crippen molar-refractivity contribution in [1.29, 1.82) is 0 Å². The average Bonchev–Trinajstić information content (AvgIpc) is 3.04. The fourth-order valence-corrected chi connectivity index (χ4v) is 5.71. The summed E-state index contributed by atoms with van der Waals surface area (Å²) >= 11 is 0. The maximum Gasteiger partial charge on any atom is 0.159 e. The van der Waals surface area contributed by atoms with Gasteiger partial charge in [-0.15, -0.1) is 0 Å². The second kappa shape index (κ2) is 6.11. The van der Waals surface area contributed by atoms with Crippen LogP contribution in [-0.2, 0) is 0 Å². The molecular weight excluding hydrogens is 356 g/mol. The first-order chi connectivity index (χ1) is 14.1. The summed E-state index contributed by atoms with van der Waals surface area (Å²) in [7, 11) is 2.28. The molecule has 0 amide bonds. The lowest BCUT2D eigenvalue weighted by molar-refractivity contribution is 0.191. The average molecular weight is 383 g/mol. The normalized spacial score (nSPS) is 24.2. The summed E-state index contributed by atoms with van der Waals surface area (Å²) in [5.41, 5.74) is 7.49. The van der Waals surface area contributed by atoms with Crippen LogP contribution in [0.15, 0.2) is 65.1 Å². The molecule has 3 aliphatic rings. The molecular formula is C26H26N2O. The van der Waals surface area contributed by atoms with Crippen LogP contribution in [0.1, 0.15) is 48.5 Å². The van der Waals surface area contributed by atoms with E-state index in [-0.39, 0.29) is 6.17 Å². The Balaban J connectivity index is 1.65. The number of rotatable bonds is 1. The van der Waals surface area contributed by atoms with E-state index in [2.05, 4.69) is 91.4 Å². The lowest BCUT2D eigenvalue weighted by Crippen LogP contribution is -2.43. The number of aryl methyl sites for hydroxylation is 1. The van der Waals surface area contributed by atoms with E-state index >= 15 is 0 Å². The van der Waals surface area contributed by atoms with Gasteiger partial charge in [0.1, 0.15) is 5.58 Å². The van der Waals surface area contributed by atoms with E-state index in [1.54, 1.807) is 0 Å². The number of hydrogen-bond donors (Lipinski definition) is 0. The second-order valence-electron chi connectivity index (χ2n) is 8.65. The zero-order valence-corrected chi connectivity index (χ0v) is 17.2. The molecule has 3 nitrogen and oxygen atoms in total. The molecule has 29 heavy (non-hydrogen) atoms.